The van der Waals surface area contributed by atoms with Crippen LogP contribution < -0.4 is 10.1 Å². The van der Waals surface area contributed by atoms with Gasteiger partial charge in [-0.05, 0) is 44.2 Å². The summed E-state index contributed by atoms with van der Waals surface area (Å²) in [4.78, 5) is 12.4. The average molecular weight is 401 g/mol. The molecule has 30 heavy (non-hydrogen) atoms. The molecule has 0 aliphatic carbocycles. The van der Waals surface area contributed by atoms with Gasteiger partial charge in [0.15, 0.2) is 11.3 Å². The molecule has 2 aromatic carbocycles. The van der Waals surface area contributed by atoms with Crippen molar-refractivity contribution in [2.45, 2.75) is 19.9 Å². The van der Waals surface area contributed by atoms with Gasteiger partial charge < -0.3 is 14.5 Å². The van der Waals surface area contributed by atoms with Gasteiger partial charge in [0.25, 0.3) is 0 Å². The highest BCUT2D eigenvalue weighted by Crippen LogP contribution is 2.31. The van der Waals surface area contributed by atoms with Crippen molar-refractivity contribution in [3.05, 3.63) is 84.4 Å². The molecule has 0 spiro atoms. The SMILES string of the molecule is CCOc1cccc2cc(C(C)NC(=O)/C=C/c3cnn(-c4ccccc4)c3)oc12. The monoisotopic (exact) mass is 401 g/mol. The van der Waals surface area contributed by atoms with E-state index < -0.39 is 0 Å². The Morgan fingerprint density at radius 1 is 1.23 bits per heavy atom. The van der Waals surface area contributed by atoms with Gasteiger partial charge in [0.1, 0.15) is 5.76 Å². The van der Waals surface area contributed by atoms with E-state index in [4.69, 9.17) is 9.15 Å². The Morgan fingerprint density at radius 2 is 2.07 bits per heavy atom. The lowest BCUT2D eigenvalue weighted by molar-refractivity contribution is -0.117. The second-order valence-corrected chi connectivity index (χ2v) is 6.87. The maximum absolute atomic E-state index is 12.4. The van der Waals surface area contributed by atoms with Crippen molar-refractivity contribution in [3.63, 3.8) is 0 Å². The molecule has 152 valence electrons. The lowest BCUT2D eigenvalue weighted by Gasteiger charge is -2.09. The zero-order valence-electron chi connectivity index (χ0n) is 16.9. The molecule has 6 heteroatoms. The van der Waals surface area contributed by atoms with Gasteiger partial charge in [-0.1, -0.05) is 30.3 Å². The highest BCUT2D eigenvalue weighted by atomic mass is 16.5. The van der Waals surface area contributed by atoms with E-state index in [1.54, 1.807) is 17.0 Å². The van der Waals surface area contributed by atoms with Gasteiger partial charge in [-0.2, -0.15) is 5.10 Å². The Labute approximate surface area is 174 Å². The quantitative estimate of drug-likeness (QED) is 0.447. The Bertz CT molecular complexity index is 1170. The number of amides is 1. The molecule has 0 fully saturated rings. The summed E-state index contributed by atoms with van der Waals surface area (Å²) < 4.78 is 13.3. The van der Waals surface area contributed by atoms with Crippen molar-refractivity contribution in [2.75, 3.05) is 6.61 Å². The van der Waals surface area contributed by atoms with E-state index in [0.717, 1.165) is 16.6 Å². The number of nitrogens with one attached hydrogen (secondary N) is 1. The Morgan fingerprint density at radius 3 is 2.87 bits per heavy atom. The van der Waals surface area contributed by atoms with Crippen LogP contribution in [0.1, 0.15) is 31.2 Å². The molecule has 1 unspecified atom stereocenters. The molecule has 1 amide bonds. The van der Waals surface area contributed by atoms with Crippen LogP contribution in [0.3, 0.4) is 0 Å². The molecule has 2 aromatic heterocycles. The van der Waals surface area contributed by atoms with Crippen LogP contribution in [0.25, 0.3) is 22.7 Å². The van der Waals surface area contributed by atoms with Gasteiger partial charge in [0.2, 0.25) is 5.91 Å². The number of aromatic nitrogens is 2. The number of rotatable bonds is 7. The Hall–Kier alpha value is -3.80. The second kappa shape index (κ2) is 8.69. The molecule has 1 N–H and O–H groups in total. The summed E-state index contributed by atoms with van der Waals surface area (Å²) in [5.74, 6) is 1.17. The summed E-state index contributed by atoms with van der Waals surface area (Å²) in [6, 6.07) is 17.2. The number of fused-ring (bicyclic) bond motifs is 1. The fourth-order valence-electron chi connectivity index (χ4n) is 3.19. The van der Waals surface area contributed by atoms with Gasteiger partial charge >= 0.3 is 0 Å². The fraction of sp³-hybridized carbons (Fsp3) is 0.167. The highest BCUT2D eigenvalue weighted by Gasteiger charge is 2.15. The van der Waals surface area contributed by atoms with E-state index >= 15 is 0 Å². The number of para-hydroxylation sites is 2. The standard InChI is InChI=1S/C24H23N3O3/c1-3-29-21-11-7-8-19-14-22(30-24(19)21)17(2)26-23(28)13-12-18-15-25-27(16-18)20-9-5-4-6-10-20/h4-17H,3H2,1-2H3,(H,26,28)/b13-12+. The van der Waals surface area contributed by atoms with Crippen molar-refractivity contribution >= 4 is 23.0 Å². The first-order chi connectivity index (χ1) is 14.6. The molecule has 2 heterocycles. The minimum absolute atomic E-state index is 0.208. The molecule has 4 aromatic rings. The Balaban J connectivity index is 1.42. The van der Waals surface area contributed by atoms with E-state index in [1.165, 1.54) is 6.08 Å². The normalized spacial score (nSPS) is 12.3. The van der Waals surface area contributed by atoms with Crippen LogP contribution in [0.2, 0.25) is 0 Å². The molecular formula is C24H23N3O3. The molecular weight excluding hydrogens is 378 g/mol. The molecule has 0 radical (unpaired) electrons. The summed E-state index contributed by atoms with van der Waals surface area (Å²) in [5, 5.41) is 8.20. The highest BCUT2D eigenvalue weighted by molar-refractivity contribution is 5.92. The van der Waals surface area contributed by atoms with Gasteiger partial charge in [-0.15, -0.1) is 0 Å². The first kappa shape index (κ1) is 19.5. The summed E-state index contributed by atoms with van der Waals surface area (Å²) in [6.45, 7) is 4.38. The van der Waals surface area contributed by atoms with Crippen molar-refractivity contribution in [3.8, 4) is 11.4 Å². The predicted octanol–water partition coefficient (Wildman–Crippen LogP) is 4.91. The maximum atomic E-state index is 12.4. The van der Waals surface area contributed by atoms with Crippen molar-refractivity contribution in [1.82, 2.24) is 15.1 Å². The maximum Gasteiger partial charge on any atom is 0.244 e. The third-order valence-electron chi connectivity index (χ3n) is 4.66. The second-order valence-electron chi connectivity index (χ2n) is 6.87. The Kier molecular flexibility index (Phi) is 5.66. The number of hydrogen-bond donors (Lipinski definition) is 1. The van der Waals surface area contributed by atoms with Crippen molar-refractivity contribution in [1.29, 1.82) is 0 Å². The lowest BCUT2D eigenvalue weighted by atomic mass is 10.2. The first-order valence-electron chi connectivity index (χ1n) is 9.88. The zero-order chi connectivity index (χ0) is 20.9. The van der Waals surface area contributed by atoms with E-state index in [9.17, 15) is 4.79 Å². The molecule has 4 rings (SSSR count). The molecule has 0 saturated heterocycles. The molecule has 0 bridgehead atoms. The van der Waals surface area contributed by atoms with Crippen molar-refractivity contribution < 1.29 is 13.9 Å². The molecule has 1 atom stereocenters. The minimum atomic E-state index is -0.281. The van der Waals surface area contributed by atoms with E-state index in [-0.39, 0.29) is 11.9 Å². The van der Waals surface area contributed by atoms with Crippen LogP contribution in [0.5, 0.6) is 5.75 Å². The number of benzene rings is 2. The number of carbonyl (C=O) groups excluding carboxylic acids is 1. The lowest BCUT2D eigenvalue weighted by Crippen LogP contribution is -2.24. The van der Waals surface area contributed by atoms with Gasteiger partial charge in [0, 0.05) is 23.2 Å². The third-order valence-corrected chi connectivity index (χ3v) is 4.66. The van der Waals surface area contributed by atoms with E-state index in [0.29, 0.717) is 23.7 Å². The number of ether oxygens (including phenoxy) is 1. The third kappa shape index (κ3) is 4.27. The molecule has 6 nitrogen and oxygen atoms in total. The number of hydrogen-bond acceptors (Lipinski definition) is 4. The average Bonchev–Trinajstić information content (AvgIpc) is 3.41. The van der Waals surface area contributed by atoms with Crippen LogP contribution in [-0.2, 0) is 4.79 Å². The topological polar surface area (TPSA) is 69.3 Å². The number of nitrogens with zero attached hydrogens (tertiary/aromatic N) is 2. The fourth-order valence-corrected chi connectivity index (χ4v) is 3.19. The summed E-state index contributed by atoms with van der Waals surface area (Å²) in [5.41, 5.74) is 2.50. The number of carbonyl (C=O) groups is 1. The first-order valence-corrected chi connectivity index (χ1v) is 9.88. The largest absolute Gasteiger partial charge is 0.490 e. The minimum Gasteiger partial charge on any atom is -0.490 e. The number of furan rings is 1. The summed E-state index contributed by atoms with van der Waals surface area (Å²) in [6.07, 6.45) is 6.82. The van der Waals surface area contributed by atoms with Crippen molar-refractivity contribution in [2.24, 2.45) is 0 Å². The zero-order valence-corrected chi connectivity index (χ0v) is 16.9. The van der Waals surface area contributed by atoms with Crippen LogP contribution >= 0.6 is 0 Å². The molecule has 0 aliphatic heterocycles. The summed E-state index contributed by atoms with van der Waals surface area (Å²) in [7, 11) is 0. The van der Waals surface area contributed by atoms with Crippen LogP contribution in [0.4, 0.5) is 0 Å². The summed E-state index contributed by atoms with van der Waals surface area (Å²) >= 11 is 0. The van der Waals surface area contributed by atoms with Crippen LogP contribution in [-0.4, -0.2) is 22.3 Å². The van der Waals surface area contributed by atoms with E-state index in [1.807, 2.05) is 74.6 Å². The molecule has 0 saturated carbocycles. The van der Waals surface area contributed by atoms with Gasteiger partial charge in [-0.3, -0.25) is 4.79 Å². The predicted molar refractivity (Wildman–Crippen MR) is 117 cm³/mol. The van der Waals surface area contributed by atoms with Crippen LogP contribution in [0, 0.1) is 0 Å². The van der Waals surface area contributed by atoms with Gasteiger partial charge in [-0.25, -0.2) is 4.68 Å². The molecule has 0 aliphatic rings. The van der Waals surface area contributed by atoms with Gasteiger partial charge in [0.05, 0.1) is 24.5 Å². The van der Waals surface area contributed by atoms with Crippen LogP contribution in [0.15, 0.2) is 77.5 Å². The smallest absolute Gasteiger partial charge is 0.244 e. The van der Waals surface area contributed by atoms with E-state index in [2.05, 4.69) is 10.4 Å².